The lowest BCUT2D eigenvalue weighted by molar-refractivity contribution is 0.416. The van der Waals surface area contributed by atoms with Crippen LogP contribution in [0.2, 0.25) is 0 Å². The van der Waals surface area contributed by atoms with Gasteiger partial charge in [0.25, 0.3) is 0 Å². The number of para-hydroxylation sites is 2. The number of furan rings is 1. The first-order valence-corrected chi connectivity index (χ1v) is 7.80. The van der Waals surface area contributed by atoms with Crippen molar-refractivity contribution < 1.29 is 9.15 Å². The fourth-order valence-corrected chi connectivity index (χ4v) is 2.85. The number of rotatable bonds is 4. The summed E-state index contributed by atoms with van der Waals surface area (Å²) < 4.78 is 10.8. The second-order valence-corrected chi connectivity index (χ2v) is 5.58. The fraction of sp³-hybridized carbons (Fsp3) is 0.158. The van der Waals surface area contributed by atoms with Crippen molar-refractivity contribution in [2.75, 3.05) is 19.0 Å². The first kappa shape index (κ1) is 14.5. The lowest BCUT2D eigenvalue weighted by Gasteiger charge is -2.06. The number of nitrogens with zero attached hydrogens (tertiary/aromatic N) is 2. The molecule has 2 aromatic heterocycles. The molecule has 4 rings (SSSR count). The van der Waals surface area contributed by atoms with E-state index in [1.165, 1.54) is 0 Å². The van der Waals surface area contributed by atoms with Gasteiger partial charge in [0.2, 0.25) is 0 Å². The maximum Gasteiger partial charge on any atom is 0.144 e. The molecule has 5 nitrogen and oxygen atoms in total. The third kappa shape index (κ3) is 2.65. The Labute approximate surface area is 140 Å². The topological polar surface area (TPSA) is 59.6 Å². The molecule has 1 aromatic carbocycles. The molecule has 0 fully saturated rings. The van der Waals surface area contributed by atoms with Gasteiger partial charge >= 0.3 is 0 Å². The number of aliphatic imine (C=N–C) groups is 1. The minimum atomic E-state index is 0.160. The third-order valence-electron chi connectivity index (χ3n) is 4.09. The molecular formula is C19H17N3O2. The monoisotopic (exact) mass is 319 g/mol. The van der Waals surface area contributed by atoms with E-state index in [0.29, 0.717) is 0 Å². The first-order valence-electron chi connectivity index (χ1n) is 7.80. The number of aromatic nitrogens is 1. The van der Waals surface area contributed by atoms with Crippen LogP contribution in [0.4, 0.5) is 11.5 Å². The van der Waals surface area contributed by atoms with Crippen molar-refractivity contribution >= 4 is 17.7 Å². The second kappa shape index (κ2) is 6.20. The zero-order chi connectivity index (χ0) is 16.4. The Bertz CT molecular complexity index is 872. The average Bonchev–Trinajstić information content (AvgIpc) is 3.29. The zero-order valence-electron chi connectivity index (χ0n) is 13.3. The Morgan fingerprint density at radius 3 is 3.04 bits per heavy atom. The van der Waals surface area contributed by atoms with E-state index in [1.807, 2.05) is 48.8 Å². The summed E-state index contributed by atoms with van der Waals surface area (Å²) in [5, 5.41) is 3.32. The molecule has 24 heavy (non-hydrogen) atoms. The first-order chi connectivity index (χ1) is 11.8. The zero-order valence-corrected chi connectivity index (χ0v) is 13.3. The minimum absolute atomic E-state index is 0.160. The molecule has 3 aromatic rings. The number of nitrogens with one attached hydrogen (secondary N) is 1. The molecule has 0 bridgehead atoms. The molecule has 1 aliphatic rings. The molecule has 1 aliphatic heterocycles. The fourth-order valence-electron chi connectivity index (χ4n) is 2.85. The number of hydrogen-bond donors (Lipinski definition) is 1. The van der Waals surface area contributed by atoms with Gasteiger partial charge < -0.3 is 14.5 Å². The van der Waals surface area contributed by atoms with Crippen LogP contribution in [0.15, 0.2) is 64.3 Å². The summed E-state index contributed by atoms with van der Waals surface area (Å²) in [5.41, 5.74) is 2.92. The van der Waals surface area contributed by atoms with Gasteiger partial charge in [0.1, 0.15) is 23.0 Å². The van der Waals surface area contributed by atoms with Crippen LogP contribution in [0.25, 0.3) is 11.3 Å². The number of pyridine rings is 1. The van der Waals surface area contributed by atoms with Gasteiger partial charge in [-0.25, -0.2) is 4.98 Å². The number of anilines is 1. The van der Waals surface area contributed by atoms with Crippen LogP contribution >= 0.6 is 0 Å². The van der Waals surface area contributed by atoms with Crippen LogP contribution in [0, 0.1) is 0 Å². The molecule has 120 valence electrons. The maximum absolute atomic E-state index is 5.46. The Morgan fingerprint density at radius 1 is 1.29 bits per heavy atom. The van der Waals surface area contributed by atoms with Crippen molar-refractivity contribution in [2.24, 2.45) is 4.99 Å². The lowest BCUT2D eigenvalue weighted by atomic mass is 10.0. The van der Waals surface area contributed by atoms with Crippen LogP contribution in [0.5, 0.6) is 5.75 Å². The van der Waals surface area contributed by atoms with Crippen LogP contribution in [0.1, 0.15) is 11.5 Å². The summed E-state index contributed by atoms with van der Waals surface area (Å²) in [5.74, 6) is 2.65. The van der Waals surface area contributed by atoms with Gasteiger partial charge in [0.15, 0.2) is 0 Å². The Balaban J connectivity index is 1.64. The molecule has 0 aliphatic carbocycles. The van der Waals surface area contributed by atoms with E-state index < -0.39 is 0 Å². The average molecular weight is 319 g/mol. The molecule has 1 atom stereocenters. The Kier molecular flexibility index (Phi) is 3.75. The standard InChI is InChI=1S/C19H17N3O2/c1-23-18-6-3-2-5-16(18)20-11-14-12-22-19-15(14)9-13(10-21-19)17-7-4-8-24-17/h2-11,14H,12H2,1H3,(H,21,22). The molecule has 3 heterocycles. The summed E-state index contributed by atoms with van der Waals surface area (Å²) in [4.78, 5) is 9.11. The summed E-state index contributed by atoms with van der Waals surface area (Å²) in [6, 6.07) is 13.7. The van der Waals surface area contributed by atoms with Gasteiger partial charge in [-0.2, -0.15) is 0 Å². The van der Waals surface area contributed by atoms with Gasteiger partial charge in [-0.1, -0.05) is 12.1 Å². The SMILES string of the molecule is COc1ccccc1N=CC1CNc2ncc(-c3ccco3)cc21. The quantitative estimate of drug-likeness (QED) is 0.730. The van der Waals surface area contributed by atoms with Crippen LogP contribution in [-0.2, 0) is 0 Å². The summed E-state index contributed by atoms with van der Waals surface area (Å²) in [6.45, 7) is 0.780. The third-order valence-corrected chi connectivity index (χ3v) is 4.09. The highest BCUT2D eigenvalue weighted by Gasteiger charge is 2.23. The summed E-state index contributed by atoms with van der Waals surface area (Å²) >= 11 is 0. The molecular weight excluding hydrogens is 302 g/mol. The summed E-state index contributed by atoms with van der Waals surface area (Å²) in [6.07, 6.45) is 5.44. The number of fused-ring (bicyclic) bond motifs is 1. The smallest absolute Gasteiger partial charge is 0.144 e. The van der Waals surface area contributed by atoms with E-state index in [4.69, 9.17) is 9.15 Å². The van der Waals surface area contributed by atoms with Crippen molar-refractivity contribution in [3.63, 3.8) is 0 Å². The van der Waals surface area contributed by atoms with Crippen LogP contribution < -0.4 is 10.1 Å². The van der Waals surface area contributed by atoms with Gasteiger partial charge in [0, 0.05) is 36.0 Å². The predicted octanol–water partition coefficient (Wildman–Crippen LogP) is 4.26. The number of ether oxygens (including phenoxy) is 1. The van der Waals surface area contributed by atoms with Gasteiger partial charge in [-0.3, -0.25) is 4.99 Å². The van der Waals surface area contributed by atoms with E-state index in [1.54, 1.807) is 13.4 Å². The molecule has 5 heteroatoms. The number of hydrogen-bond acceptors (Lipinski definition) is 5. The highest BCUT2D eigenvalue weighted by atomic mass is 16.5. The van der Waals surface area contributed by atoms with E-state index in [2.05, 4.69) is 21.4 Å². The van der Waals surface area contributed by atoms with Crippen molar-refractivity contribution in [3.05, 3.63) is 60.5 Å². The van der Waals surface area contributed by atoms with Crippen molar-refractivity contribution in [2.45, 2.75) is 5.92 Å². The molecule has 1 N–H and O–H groups in total. The summed E-state index contributed by atoms with van der Waals surface area (Å²) in [7, 11) is 1.65. The highest BCUT2D eigenvalue weighted by molar-refractivity contribution is 5.79. The van der Waals surface area contributed by atoms with Crippen LogP contribution in [0.3, 0.4) is 0 Å². The second-order valence-electron chi connectivity index (χ2n) is 5.58. The molecule has 0 saturated carbocycles. The van der Waals surface area contributed by atoms with Gasteiger partial charge in [-0.15, -0.1) is 0 Å². The van der Waals surface area contributed by atoms with E-state index >= 15 is 0 Å². The van der Waals surface area contributed by atoms with Crippen molar-refractivity contribution in [1.29, 1.82) is 0 Å². The lowest BCUT2D eigenvalue weighted by Crippen LogP contribution is -2.02. The Morgan fingerprint density at radius 2 is 2.21 bits per heavy atom. The molecule has 0 amide bonds. The molecule has 0 saturated heterocycles. The van der Waals surface area contributed by atoms with Crippen molar-refractivity contribution in [1.82, 2.24) is 4.98 Å². The minimum Gasteiger partial charge on any atom is -0.494 e. The normalized spacial score (nSPS) is 16.1. The van der Waals surface area contributed by atoms with Gasteiger partial charge in [-0.05, 0) is 30.3 Å². The highest BCUT2D eigenvalue weighted by Crippen LogP contribution is 2.33. The molecule has 0 spiro atoms. The Hall–Kier alpha value is -3.08. The van der Waals surface area contributed by atoms with Gasteiger partial charge in [0.05, 0.1) is 13.4 Å². The molecule has 0 radical (unpaired) electrons. The van der Waals surface area contributed by atoms with E-state index in [-0.39, 0.29) is 5.92 Å². The van der Waals surface area contributed by atoms with Crippen molar-refractivity contribution in [3.8, 4) is 17.1 Å². The largest absolute Gasteiger partial charge is 0.494 e. The van der Waals surface area contributed by atoms with Crippen LogP contribution in [-0.4, -0.2) is 24.9 Å². The maximum atomic E-state index is 5.46. The molecule has 1 unspecified atom stereocenters. The number of methoxy groups -OCH3 is 1. The number of benzene rings is 1. The predicted molar refractivity (Wildman–Crippen MR) is 94.3 cm³/mol. The van der Waals surface area contributed by atoms with E-state index in [0.717, 1.165) is 40.7 Å². The van der Waals surface area contributed by atoms with E-state index in [9.17, 15) is 0 Å².